The first-order chi connectivity index (χ1) is 11.3. The predicted molar refractivity (Wildman–Crippen MR) is 90.4 cm³/mol. The van der Waals surface area contributed by atoms with Crippen molar-refractivity contribution < 1.29 is 4.39 Å². The second-order valence-electron chi connectivity index (χ2n) is 6.19. The molecule has 4 heteroatoms. The third-order valence-corrected chi connectivity index (χ3v) is 4.43. The van der Waals surface area contributed by atoms with Crippen molar-refractivity contribution in [3.05, 3.63) is 65.7 Å². The van der Waals surface area contributed by atoms with Crippen LogP contribution in [0, 0.1) is 5.82 Å². The Bertz CT molecular complexity index is 595. The van der Waals surface area contributed by atoms with Gasteiger partial charge in [-0.05, 0) is 62.2 Å². The predicted octanol–water partition coefficient (Wildman–Crippen LogP) is 3.37. The van der Waals surface area contributed by atoms with E-state index in [0.29, 0.717) is 6.04 Å². The zero-order valence-electron chi connectivity index (χ0n) is 13.4. The molecule has 0 radical (unpaired) electrons. The van der Waals surface area contributed by atoms with Gasteiger partial charge in [-0.15, -0.1) is 0 Å². The maximum Gasteiger partial charge on any atom is 0.123 e. The van der Waals surface area contributed by atoms with Gasteiger partial charge in [0.25, 0.3) is 0 Å². The van der Waals surface area contributed by atoms with Crippen LogP contribution in [0.5, 0.6) is 0 Å². The van der Waals surface area contributed by atoms with E-state index in [0.717, 1.165) is 43.9 Å². The van der Waals surface area contributed by atoms with Gasteiger partial charge in [-0.25, -0.2) is 4.39 Å². The first kappa shape index (κ1) is 16.1. The second kappa shape index (κ2) is 8.18. The molecule has 1 aromatic heterocycles. The number of hydrogen-bond acceptors (Lipinski definition) is 3. The molecule has 0 aliphatic carbocycles. The Kier molecular flexibility index (Phi) is 5.72. The maximum absolute atomic E-state index is 13.5. The van der Waals surface area contributed by atoms with Gasteiger partial charge in [0.15, 0.2) is 0 Å². The Morgan fingerprint density at radius 1 is 1.09 bits per heavy atom. The van der Waals surface area contributed by atoms with Crippen LogP contribution in [0.4, 0.5) is 4.39 Å². The van der Waals surface area contributed by atoms with E-state index in [4.69, 9.17) is 0 Å². The molecule has 3 rings (SSSR count). The highest BCUT2D eigenvalue weighted by Crippen LogP contribution is 2.19. The van der Waals surface area contributed by atoms with Crippen LogP contribution in [-0.4, -0.2) is 29.0 Å². The lowest BCUT2D eigenvalue weighted by molar-refractivity contribution is 0.162. The monoisotopic (exact) mass is 313 g/mol. The topological polar surface area (TPSA) is 28.2 Å². The van der Waals surface area contributed by atoms with Crippen molar-refractivity contribution in [3.63, 3.8) is 0 Å². The molecular formula is C19H24FN3. The average Bonchev–Trinajstić information content (AvgIpc) is 2.84. The SMILES string of the molecule is Fc1cccc(CN(Cc2ccccn2)C2CCCNCC2)c1. The van der Waals surface area contributed by atoms with Crippen LogP contribution >= 0.6 is 0 Å². The zero-order chi connectivity index (χ0) is 15.9. The van der Waals surface area contributed by atoms with Crippen molar-refractivity contribution in [2.24, 2.45) is 0 Å². The number of nitrogens with zero attached hydrogens (tertiary/aromatic N) is 2. The number of halogens is 1. The van der Waals surface area contributed by atoms with Gasteiger partial charge in [-0.3, -0.25) is 9.88 Å². The Labute approximate surface area is 137 Å². The van der Waals surface area contributed by atoms with Crippen molar-refractivity contribution in [1.29, 1.82) is 0 Å². The molecule has 1 fully saturated rings. The van der Waals surface area contributed by atoms with E-state index in [1.165, 1.54) is 18.9 Å². The van der Waals surface area contributed by atoms with Gasteiger partial charge in [0.2, 0.25) is 0 Å². The number of aromatic nitrogens is 1. The quantitative estimate of drug-likeness (QED) is 0.917. The lowest BCUT2D eigenvalue weighted by Gasteiger charge is -2.31. The zero-order valence-corrected chi connectivity index (χ0v) is 13.4. The molecule has 1 saturated heterocycles. The number of pyridine rings is 1. The van der Waals surface area contributed by atoms with Crippen LogP contribution in [-0.2, 0) is 13.1 Å². The molecule has 0 amide bonds. The summed E-state index contributed by atoms with van der Waals surface area (Å²) in [5, 5.41) is 3.47. The van der Waals surface area contributed by atoms with Gasteiger partial charge in [-0.1, -0.05) is 18.2 Å². The summed E-state index contributed by atoms with van der Waals surface area (Å²) in [6, 6.07) is 13.5. The van der Waals surface area contributed by atoms with Crippen molar-refractivity contribution in [2.45, 2.75) is 38.4 Å². The molecule has 0 bridgehead atoms. The van der Waals surface area contributed by atoms with Crippen molar-refractivity contribution in [2.75, 3.05) is 13.1 Å². The van der Waals surface area contributed by atoms with Crippen LogP contribution in [0.2, 0.25) is 0 Å². The molecule has 1 N–H and O–H groups in total. The fraction of sp³-hybridized carbons (Fsp3) is 0.421. The van der Waals surface area contributed by atoms with Crippen LogP contribution in [0.15, 0.2) is 48.7 Å². The van der Waals surface area contributed by atoms with Crippen molar-refractivity contribution >= 4 is 0 Å². The minimum atomic E-state index is -0.164. The van der Waals surface area contributed by atoms with Gasteiger partial charge in [0.1, 0.15) is 5.82 Å². The van der Waals surface area contributed by atoms with Crippen LogP contribution in [0.25, 0.3) is 0 Å². The van der Waals surface area contributed by atoms with Crippen molar-refractivity contribution in [1.82, 2.24) is 15.2 Å². The summed E-state index contributed by atoms with van der Waals surface area (Å²) >= 11 is 0. The Morgan fingerprint density at radius 3 is 2.87 bits per heavy atom. The highest BCUT2D eigenvalue weighted by atomic mass is 19.1. The van der Waals surface area contributed by atoms with Gasteiger partial charge >= 0.3 is 0 Å². The normalized spacial score (nSPS) is 18.8. The number of nitrogens with one attached hydrogen (secondary N) is 1. The van der Waals surface area contributed by atoms with E-state index >= 15 is 0 Å². The molecule has 1 unspecified atom stereocenters. The molecule has 23 heavy (non-hydrogen) atoms. The molecular weight excluding hydrogens is 289 g/mol. The first-order valence-electron chi connectivity index (χ1n) is 8.40. The molecule has 1 aliphatic heterocycles. The summed E-state index contributed by atoms with van der Waals surface area (Å²) in [4.78, 5) is 6.91. The lowest BCUT2D eigenvalue weighted by Crippen LogP contribution is -2.35. The fourth-order valence-corrected chi connectivity index (χ4v) is 3.25. The highest BCUT2D eigenvalue weighted by Gasteiger charge is 2.21. The van der Waals surface area contributed by atoms with E-state index < -0.39 is 0 Å². The molecule has 2 heterocycles. The molecule has 1 aliphatic rings. The summed E-state index contributed by atoms with van der Waals surface area (Å²) in [5.41, 5.74) is 2.10. The molecule has 0 spiro atoms. The maximum atomic E-state index is 13.5. The van der Waals surface area contributed by atoms with Gasteiger partial charge in [0, 0.05) is 25.3 Å². The Morgan fingerprint density at radius 2 is 2.04 bits per heavy atom. The Balaban J connectivity index is 1.77. The minimum Gasteiger partial charge on any atom is -0.317 e. The second-order valence-corrected chi connectivity index (χ2v) is 6.19. The number of rotatable bonds is 5. The summed E-state index contributed by atoms with van der Waals surface area (Å²) in [7, 11) is 0. The van der Waals surface area contributed by atoms with Gasteiger partial charge in [0.05, 0.1) is 5.69 Å². The average molecular weight is 313 g/mol. The van der Waals surface area contributed by atoms with E-state index in [2.05, 4.69) is 21.3 Å². The third-order valence-electron chi connectivity index (χ3n) is 4.43. The molecule has 2 aromatic rings. The fourth-order valence-electron chi connectivity index (χ4n) is 3.25. The van der Waals surface area contributed by atoms with E-state index in [1.54, 1.807) is 12.1 Å². The molecule has 1 atom stereocenters. The third kappa shape index (κ3) is 4.85. The molecule has 0 saturated carbocycles. The van der Waals surface area contributed by atoms with E-state index in [-0.39, 0.29) is 5.82 Å². The smallest absolute Gasteiger partial charge is 0.123 e. The van der Waals surface area contributed by atoms with E-state index in [9.17, 15) is 4.39 Å². The number of benzene rings is 1. The summed E-state index contributed by atoms with van der Waals surface area (Å²) in [5.74, 6) is -0.164. The number of hydrogen-bond donors (Lipinski definition) is 1. The molecule has 122 valence electrons. The summed E-state index contributed by atoms with van der Waals surface area (Å²) in [6.07, 6.45) is 5.33. The Hall–Kier alpha value is -1.78. The van der Waals surface area contributed by atoms with Gasteiger partial charge in [-0.2, -0.15) is 0 Å². The highest BCUT2D eigenvalue weighted by molar-refractivity contribution is 5.16. The van der Waals surface area contributed by atoms with Crippen LogP contribution in [0.1, 0.15) is 30.5 Å². The first-order valence-corrected chi connectivity index (χ1v) is 8.40. The standard InChI is InChI=1S/C19H24FN3/c20-17-6-3-5-16(13-17)14-23(15-18-7-1-2-11-22-18)19-8-4-10-21-12-9-19/h1-3,5-7,11,13,19,21H,4,8-10,12,14-15H2. The largest absolute Gasteiger partial charge is 0.317 e. The van der Waals surface area contributed by atoms with Crippen molar-refractivity contribution in [3.8, 4) is 0 Å². The molecule has 3 nitrogen and oxygen atoms in total. The molecule has 1 aromatic carbocycles. The summed E-state index contributed by atoms with van der Waals surface area (Å²) in [6.45, 7) is 3.71. The lowest BCUT2D eigenvalue weighted by atomic mass is 10.1. The van der Waals surface area contributed by atoms with Crippen LogP contribution < -0.4 is 5.32 Å². The minimum absolute atomic E-state index is 0.164. The van der Waals surface area contributed by atoms with Gasteiger partial charge < -0.3 is 5.32 Å². The summed E-state index contributed by atoms with van der Waals surface area (Å²) < 4.78 is 13.5. The van der Waals surface area contributed by atoms with Crippen LogP contribution in [0.3, 0.4) is 0 Å². The van der Waals surface area contributed by atoms with E-state index in [1.807, 2.05) is 24.4 Å².